The topological polar surface area (TPSA) is 55.8 Å². The minimum Gasteiger partial charge on any atom is -0.464 e. The van der Waals surface area contributed by atoms with Crippen molar-refractivity contribution in [3.8, 4) is 0 Å². The van der Waals surface area contributed by atoms with Crippen LogP contribution in [0.5, 0.6) is 0 Å². The fourth-order valence-corrected chi connectivity index (χ4v) is 3.01. The molecule has 0 saturated heterocycles. The lowest BCUT2D eigenvalue weighted by molar-refractivity contribution is -0.149. The van der Waals surface area contributed by atoms with Crippen molar-refractivity contribution in [2.24, 2.45) is 0 Å². The van der Waals surface area contributed by atoms with Crippen molar-refractivity contribution < 1.29 is 19.1 Å². The summed E-state index contributed by atoms with van der Waals surface area (Å²) in [5.74, 6) is -0.351. The highest BCUT2D eigenvalue weighted by Gasteiger charge is 2.31. The molecule has 1 atom stereocenters. The van der Waals surface area contributed by atoms with Gasteiger partial charge in [-0.25, -0.2) is 9.59 Å². The van der Waals surface area contributed by atoms with Crippen LogP contribution >= 0.6 is 22.6 Å². The van der Waals surface area contributed by atoms with Gasteiger partial charge in [0.25, 0.3) is 0 Å². The van der Waals surface area contributed by atoms with Gasteiger partial charge in [-0.05, 0) is 36.2 Å². The van der Waals surface area contributed by atoms with Crippen molar-refractivity contribution in [2.45, 2.75) is 52.2 Å². The van der Waals surface area contributed by atoms with Gasteiger partial charge in [-0.15, -0.1) is 0 Å². The molecule has 0 bridgehead atoms. The summed E-state index contributed by atoms with van der Waals surface area (Å²) in [4.78, 5) is 26.5. The Morgan fingerprint density at radius 1 is 1.12 bits per heavy atom. The molecule has 6 heteroatoms. The van der Waals surface area contributed by atoms with Gasteiger partial charge in [0.1, 0.15) is 12.6 Å². The molecule has 0 aliphatic carbocycles. The van der Waals surface area contributed by atoms with Crippen LogP contribution in [0, 0.1) is 0 Å². The van der Waals surface area contributed by atoms with Crippen molar-refractivity contribution in [2.75, 3.05) is 17.6 Å². The summed E-state index contributed by atoms with van der Waals surface area (Å²) >= 11 is 2.31. The Bertz CT molecular complexity index is 509. The Morgan fingerprint density at radius 3 is 2.44 bits per heavy atom. The minimum atomic E-state index is -0.581. The molecular weight excluding hydrogens is 433 g/mol. The second kappa shape index (κ2) is 13.0. The zero-order chi connectivity index (χ0) is 18.5. The van der Waals surface area contributed by atoms with Crippen molar-refractivity contribution in [3.63, 3.8) is 0 Å². The Hall–Kier alpha value is -1.31. The quantitative estimate of drug-likeness (QED) is 0.210. The molecule has 0 radical (unpaired) electrons. The number of carbonyl (C=O) groups excluding carboxylic acids is 2. The number of carbonyl (C=O) groups is 2. The van der Waals surface area contributed by atoms with Gasteiger partial charge in [0.15, 0.2) is 0 Å². The molecule has 25 heavy (non-hydrogen) atoms. The molecule has 0 N–H and O–H groups in total. The SMILES string of the molecule is CCC[C@@H](C(=O)OCC)N(CCCCI)C(=O)OCc1ccccc1. The molecule has 1 aromatic rings. The first-order valence-corrected chi connectivity index (χ1v) is 10.4. The summed E-state index contributed by atoms with van der Waals surface area (Å²) in [6, 6.07) is 8.95. The number of halogens is 1. The molecule has 0 aliphatic rings. The van der Waals surface area contributed by atoms with Crippen LogP contribution in [-0.2, 0) is 20.9 Å². The van der Waals surface area contributed by atoms with Gasteiger partial charge in [0.2, 0.25) is 0 Å². The Morgan fingerprint density at radius 2 is 1.84 bits per heavy atom. The first-order valence-electron chi connectivity index (χ1n) is 8.83. The van der Waals surface area contributed by atoms with Gasteiger partial charge in [-0.1, -0.05) is 66.3 Å². The lowest BCUT2D eigenvalue weighted by Crippen LogP contribution is -2.46. The highest BCUT2D eigenvalue weighted by Crippen LogP contribution is 2.14. The normalized spacial score (nSPS) is 11.6. The number of alkyl halides is 1. The average molecular weight is 461 g/mol. The van der Waals surface area contributed by atoms with Crippen LogP contribution < -0.4 is 0 Å². The number of hydrogen-bond acceptors (Lipinski definition) is 4. The summed E-state index contributed by atoms with van der Waals surface area (Å²) in [5, 5.41) is 0. The molecule has 1 aromatic carbocycles. The third kappa shape index (κ3) is 8.07. The number of esters is 1. The van der Waals surface area contributed by atoms with Gasteiger partial charge < -0.3 is 9.47 Å². The number of rotatable bonds is 11. The highest BCUT2D eigenvalue weighted by molar-refractivity contribution is 14.1. The van der Waals surface area contributed by atoms with Crippen LogP contribution in [0.15, 0.2) is 30.3 Å². The summed E-state index contributed by atoms with van der Waals surface area (Å²) in [6.07, 6.45) is 2.74. The largest absolute Gasteiger partial charge is 0.464 e. The number of unbranched alkanes of at least 4 members (excludes halogenated alkanes) is 1. The lowest BCUT2D eigenvalue weighted by Gasteiger charge is -2.29. The number of amides is 1. The van der Waals surface area contributed by atoms with E-state index >= 15 is 0 Å². The molecule has 0 unspecified atom stereocenters. The van der Waals surface area contributed by atoms with Gasteiger partial charge in [0.05, 0.1) is 6.61 Å². The van der Waals surface area contributed by atoms with E-state index in [0.717, 1.165) is 29.3 Å². The molecule has 0 spiro atoms. The monoisotopic (exact) mass is 461 g/mol. The minimum absolute atomic E-state index is 0.199. The maximum Gasteiger partial charge on any atom is 0.410 e. The van der Waals surface area contributed by atoms with E-state index in [2.05, 4.69) is 22.6 Å². The van der Waals surface area contributed by atoms with Gasteiger partial charge in [-0.2, -0.15) is 0 Å². The molecular formula is C19H28INO4. The van der Waals surface area contributed by atoms with Crippen LogP contribution in [-0.4, -0.2) is 40.6 Å². The van der Waals surface area contributed by atoms with E-state index in [9.17, 15) is 9.59 Å². The molecule has 1 rings (SSSR count). The van der Waals surface area contributed by atoms with Crippen molar-refractivity contribution in [3.05, 3.63) is 35.9 Å². The van der Waals surface area contributed by atoms with Gasteiger partial charge in [0, 0.05) is 6.54 Å². The fourth-order valence-electron chi connectivity index (χ4n) is 2.47. The summed E-state index contributed by atoms with van der Waals surface area (Å²) < 4.78 is 11.6. The third-order valence-electron chi connectivity index (χ3n) is 3.72. The van der Waals surface area contributed by atoms with Crippen molar-refractivity contribution >= 4 is 34.7 Å². The smallest absolute Gasteiger partial charge is 0.410 e. The molecule has 1 amide bonds. The standard InChI is InChI=1S/C19H28INO4/c1-3-10-17(18(22)24-4-2)21(14-9-8-13-20)19(23)25-15-16-11-6-5-7-12-16/h5-7,11-12,17H,3-4,8-10,13-15H2,1-2H3/t17-/m0/s1. The van der Waals surface area contributed by atoms with E-state index < -0.39 is 12.1 Å². The zero-order valence-corrected chi connectivity index (χ0v) is 17.2. The van der Waals surface area contributed by atoms with E-state index in [0.29, 0.717) is 19.6 Å². The van der Waals surface area contributed by atoms with Crippen LogP contribution in [0.25, 0.3) is 0 Å². The lowest BCUT2D eigenvalue weighted by atomic mass is 10.1. The van der Waals surface area contributed by atoms with Gasteiger partial charge >= 0.3 is 12.1 Å². The van der Waals surface area contributed by atoms with Gasteiger partial charge in [-0.3, -0.25) is 4.90 Å². The average Bonchev–Trinajstić information content (AvgIpc) is 2.63. The molecule has 140 valence electrons. The van der Waals surface area contributed by atoms with E-state index in [1.54, 1.807) is 6.92 Å². The predicted molar refractivity (Wildman–Crippen MR) is 107 cm³/mol. The van der Waals surface area contributed by atoms with E-state index in [-0.39, 0.29) is 12.6 Å². The number of hydrogen-bond donors (Lipinski definition) is 0. The molecule has 0 aromatic heterocycles. The molecule has 5 nitrogen and oxygen atoms in total. The molecule has 0 fully saturated rings. The summed E-state index contributed by atoms with van der Waals surface area (Å²) in [6.45, 7) is 4.77. The third-order valence-corrected chi connectivity index (χ3v) is 4.48. The second-order valence-electron chi connectivity index (χ2n) is 5.69. The van der Waals surface area contributed by atoms with E-state index in [4.69, 9.17) is 9.47 Å². The predicted octanol–water partition coefficient (Wildman–Crippen LogP) is 4.57. The van der Waals surface area contributed by atoms with Crippen molar-refractivity contribution in [1.29, 1.82) is 0 Å². The Kier molecular flexibility index (Phi) is 11.3. The molecule has 0 aliphatic heterocycles. The number of nitrogens with zero attached hydrogens (tertiary/aromatic N) is 1. The fraction of sp³-hybridized carbons (Fsp3) is 0.579. The maximum atomic E-state index is 12.6. The van der Waals surface area contributed by atoms with E-state index in [1.165, 1.54) is 4.90 Å². The van der Waals surface area contributed by atoms with E-state index in [1.807, 2.05) is 37.3 Å². The maximum absolute atomic E-state index is 12.6. The molecule has 0 saturated carbocycles. The zero-order valence-electron chi connectivity index (χ0n) is 15.1. The van der Waals surface area contributed by atoms with Crippen LogP contribution in [0.4, 0.5) is 4.79 Å². The van der Waals surface area contributed by atoms with Crippen LogP contribution in [0.1, 0.15) is 45.1 Å². The van der Waals surface area contributed by atoms with Crippen LogP contribution in [0.2, 0.25) is 0 Å². The summed E-state index contributed by atoms with van der Waals surface area (Å²) in [5.41, 5.74) is 0.922. The summed E-state index contributed by atoms with van der Waals surface area (Å²) in [7, 11) is 0. The Labute approximate surface area is 164 Å². The number of benzene rings is 1. The first kappa shape index (κ1) is 21.7. The first-order chi connectivity index (χ1) is 12.1. The number of ether oxygens (including phenoxy) is 2. The Balaban J connectivity index is 2.79. The van der Waals surface area contributed by atoms with Crippen LogP contribution in [0.3, 0.4) is 0 Å². The second-order valence-corrected chi connectivity index (χ2v) is 6.76. The van der Waals surface area contributed by atoms with Crippen molar-refractivity contribution in [1.82, 2.24) is 4.90 Å². The molecule has 0 heterocycles. The highest BCUT2D eigenvalue weighted by atomic mass is 127.